The molecule has 1 aromatic rings. The molecule has 0 heterocycles. The first kappa shape index (κ1) is 15.3. The predicted molar refractivity (Wildman–Crippen MR) is 79.7 cm³/mol. The molecule has 0 atom stereocenters. The number of rotatable bonds is 6. The summed E-state index contributed by atoms with van der Waals surface area (Å²) in [5, 5.41) is 9.78. The Morgan fingerprint density at radius 1 is 1.40 bits per heavy atom. The molecule has 20 heavy (non-hydrogen) atoms. The number of nitrogens with zero attached hydrogens (tertiary/aromatic N) is 1. The lowest BCUT2D eigenvalue weighted by Crippen LogP contribution is -2.35. The van der Waals surface area contributed by atoms with Crippen molar-refractivity contribution in [2.75, 3.05) is 13.2 Å². The lowest BCUT2D eigenvalue weighted by Gasteiger charge is -2.28. The van der Waals surface area contributed by atoms with Crippen molar-refractivity contribution in [2.24, 2.45) is 5.73 Å². The summed E-state index contributed by atoms with van der Waals surface area (Å²) in [5.41, 5.74) is 6.63. The van der Waals surface area contributed by atoms with Gasteiger partial charge in [-0.15, -0.1) is 0 Å². The summed E-state index contributed by atoms with van der Waals surface area (Å²) < 4.78 is 0. The smallest absolute Gasteiger partial charge is 0.248 e. The number of halogens is 1. The van der Waals surface area contributed by atoms with Crippen LogP contribution in [0.3, 0.4) is 0 Å². The molecule has 4 nitrogen and oxygen atoms in total. The third-order valence-electron chi connectivity index (χ3n) is 3.94. The molecule has 1 aliphatic rings. The number of aliphatic hydroxyl groups excluding tert-OH is 1. The van der Waals surface area contributed by atoms with Gasteiger partial charge in [0.1, 0.15) is 0 Å². The van der Waals surface area contributed by atoms with E-state index in [4.69, 9.17) is 17.3 Å². The Hall–Kier alpha value is -1.10. The number of aliphatic hydroxyl groups is 1. The number of benzene rings is 1. The lowest BCUT2D eigenvalue weighted by molar-refractivity contribution is 0.1000. The summed E-state index contributed by atoms with van der Waals surface area (Å²) in [6.07, 6.45) is 4.86. The van der Waals surface area contributed by atoms with E-state index in [9.17, 15) is 9.90 Å². The van der Waals surface area contributed by atoms with Crippen LogP contribution in [0.5, 0.6) is 0 Å². The topological polar surface area (TPSA) is 66.6 Å². The molecule has 0 bridgehead atoms. The average Bonchev–Trinajstić information content (AvgIpc) is 2.94. The normalized spacial score (nSPS) is 15.9. The molecule has 1 saturated carbocycles. The SMILES string of the molecule is NC(=O)c1ccc(CN(CCO)C2CCCC2)c(Cl)c1. The van der Waals surface area contributed by atoms with E-state index in [-0.39, 0.29) is 6.61 Å². The molecule has 1 fully saturated rings. The van der Waals surface area contributed by atoms with Crippen LogP contribution in [-0.4, -0.2) is 35.1 Å². The van der Waals surface area contributed by atoms with Gasteiger partial charge in [0.2, 0.25) is 5.91 Å². The zero-order valence-electron chi connectivity index (χ0n) is 11.5. The van der Waals surface area contributed by atoms with Gasteiger partial charge in [0, 0.05) is 29.7 Å². The Morgan fingerprint density at radius 3 is 2.65 bits per heavy atom. The standard InChI is InChI=1S/C15H21ClN2O2/c16-14-9-11(15(17)20)5-6-12(14)10-18(7-8-19)13-3-1-2-4-13/h5-6,9,13,19H,1-4,7-8,10H2,(H2,17,20). The van der Waals surface area contributed by atoms with Crippen LogP contribution in [0.25, 0.3) is 0 Å². The minimum atomic E-state index is -0.471. The summed E-state index contributed by atoms with van der Waals surface area (Å²) in [7, 11) is 0. The Balaban J connectivity index is 2.11. The van der Waals surface area contributed by atoms with Crippen LogP contribution in [0.15, 0.2) is 18.2 Å². The minimum absolute atomic E-state index is 0.146. The third-order valence-corrected chi connectivity index (χ3v) is 4.29. The van der Waals surface area contributed by atoms with Gasteiger partial charge < -0.3 is 10.8 Å². The molecular formula is C15H21ClN2O2. The van der Waals surface area contributed by atoms with Crippen LogP contribution >= 0.6 is 11.6 Å². The highest BCUT2D eigenvalue weighted by Gasteiger charge is 2.22. The van der Waals surface area contributed by atoms with E-state index in [0.717, 1.165) is 5.56 Å². The van der Waals surface area contributed by atoms with Gasteiger partial charge in [0.15, 0.2) is 0 Å². The fourth-order valence-corrected chi connectivity index (χ4v) is 3.08. The van der Waals surface area contributed by atoms with Crippen LogP contribution < -0.4 is 5.73 Å². The van der Waals surface area contributed by atoms with Gasteiger partial charge in [0.05, 0.1) is 6.61 Å². The zero-order chi connectivity index (χ0) is 14.5. The predicted octanol–water partition coefficient (Wildman–Crippen LogP) is 2.18. The first-order chi connectivity index (χ1) is 9.61. The highest BCUT2D eigenvalue weighted by atomic mass is 35.5. The number of amides is 1. The van der Waals surface area contributed by atoms with Gasteiger partial charge >= 0.3 is 0 Å². The van der Waals surface area contributed by atoms with E-state index >= 15 is 0 Å². The maximum Gasteiger partial charge on any atom is 0.248 e. The zero-order valence-corrected chi connectivity index (χ0v) is 12.3. The van der Waals surface area contributed by atoms with Gasteiger partial charge in [-0.3, -0.25) is 9.69 Å². The van der Waals surface area contributed by atoms with E-state index in [1.165, 1.54) is 25.7 Å². The molecule has 5 heteroatoms. The van der Waals surface area contributed by atoms with Gasteiger partial charge in [-0.05, 0) is 30.5 Å². The fraction of sp³-hybridized carbons (Fsp3) is 0.533. The van der Waals surface area contributed by atoms with Crippen LogP contribution in [0.1, 0.15) is 41.6 Å². The molecule has 0 saturated heterocycles. The second-order valence-electron chi connectivity index (χ2n) is 5.30. The van der Waals surface area contributed by atoms with Gasteiger partial charge in [-0.25, -0.2) is 0 Å². The maximum atomic E-state index is 11.1. The van der Waals surface area contributed by atoms with E-state index in [2.05, 4.69) is 4.90 Å². The molecule has 0 spiro atoms. The lowest BCUT2D eigenvalue weighted by atomic mass is 10.1. The molecule has 0 aliphatic heterocycles. The maximum absolute atomic E-state index is 11.1. The first-order valence-corrected chi connectivity index (χ1v) is 7.42. The van der Waals surface area contributed by atoms with Crippen molar-refractivity contribution in [3.05, 3.63) is 34.3 Å². The number of carbonyl (C=O) groups is 1. The Morgan fingerprint density at radius 2 is 2.10 bits per heavy atom. The van der Waals surface area contributed by atoms with Crippen molar-refractivity contribution in [3.8, 4) is 0 Å². The summed E-state index contributed by atoms with van der Waals surface area (Å²) >= 11 is 6.23. The number of hydrogen-bond donors (Lipinski definition) is 2. The summed E-state index contributed by atoms with van der Waals surface area (Å²) in [6, 6.07) is 5.69. The monoisotopic (exact) mass is 296 g/mol. The summed E-state index contributed by atoms with van der Waals surface area (Å²) in [6.45, 7) is 1.50. The second kappa shape index (κ2) is 7.07. The van der Waals surface area contributed by atoms with Crippen molar-refractivity contribution in [1.82, 2.24) is 4.90 Å². The molecule has 0 aromatic heterocycles. The fourth-order valence-electron chi connectivity index (χ4n) is 2.84. The highest BCUT2D eigenvalue weighted by molar-refractivity contribution is 6.31. The van der Waals surface area contributed by atoms with E-state index in [1.807, 2.05) is 6.07 Å². The Kier molecular flexibility index (Phi) is 5.40. The summed E-state index contributed by atoms with van der Waals surface area (Å²) in [4.78, 5) is 13.4. The average molecular weight is 297 g/mol. The Labute approximate surface area is 124 Å². The summed E-state index contributed by atoms with van der Waals surface area (Å²) in [5.74, 6) is -0.471. The van der Waals surface area contributed by atoms with Gasteiger partial charge in [-0.1, -0.05) is 30.5 Å². The van der Waals surface area contributed by atoms with Gasteiger partial charge in [-0.2, -0.15) is 0 Å². The minimum Gasteiger partial charge on any atom is -0.395 e. The molecule has 3 N–H and O–H groups in total. The quantitative estimate of drug-likeness (QED) is 0.845. The molecule has 1 amide bonds. The molecule has 2 rings (SSSR count). The molecule has 110 valence electrons. The largest absolute Gasteiger partial charge is 0.395 e. The van der Waals surface area contributed by atoms with E-state index < -0.39 is 5.91 Å². The van der Waals surface area contributed by atoms with Crippen molar-refractivity contribution < 1.29 is 9.90 Å². The third kappa shape index (κ3) is 3.72. The van der Waals surface area contributed by atoms with Crippen LogP contribution in [0, 0.1) is 0 Å². The highest BCUT2D eigenvalue weighted by Crippen LogP contribution is 2.27. The number of nitrogens with two attached hydrogens (primary N) is 1. The molecule has 0 radical (unpaired) electrons. The van der Waals surface area contributed by atoms with Crippen LogP contribution in [-0.2, 0) is 6.54 Å². The van der Waals surface area contributed by atoms with E-state index in [1.54, 1.807) is 12.1 Å². The van der Waals surface area contributed by atoms with Crippen molar-refractivity contribution in [3.63, 3.8) is 0 Å². The molecule has 0 unspecified atom stereocenters. The number of hydrogen-bond acceptors (Lipinski definition) is 3. The van der Waals surface area contributed by atoms with Gasteiger partial charge in [0.25, 0.3) is 0 Å². The van der Waals surface area contributed by atoms with Crippen molar-refractivity contribution >= 4 is 17.5 Å². The van der Waals surface area contributed by atoms with Crippen molar-refractivity contribution in [2.45, 2.75) is 38.3 Å². The molecule has 1 aliphatic carbocycles. The molecular weight excluding hydrogens is 276 g/mol. The van der Waals surface area contributed by atoms with Crippen molar-refractivity contribution in [1.29, 1.82) is 0 Å². The molecule has 1 aromatic carbocycles. The second-order valence-corrected chi connectivity index (χ2v) is 5.71. The first-order valence-electron chi connectivity index (χ1n) is 7.05. The number of primary amides is 1. The van der Waals surface area contributed by atoms with E-state index in [0.29, 0.717) is 29.7 Å². The number of carbonyl (C=O) groups excluding carboxylic acids is 1. The van der Waals surface area contributed by atoms with Crippen LogP contribution in [0.2, 0.25) is 5.02 Å². The Bertz CT molecular complexity index is 473. The van der Waals surface area contributed by atoms with Crippen LogP contribution in [0.4, 0.5) is 0 Å².